The highest BCUT2D eigenvalue weighted by atomic mass is 35.5. The molecule has 0 unspecified atom stereocenters. The number of phenols is 1. The maximum atomic E-state index is 12.8. The van der Waals surface area contributed by atoms with Gasteiger partial charge in [0.15, 0.2) is 0 Å². The van der Waals surface area contributed by atoms with Crippen molar-refractivity contribution in [1.29, 1.82) is 0 Å². The number of hydrogen-bond acceptors (Lipinski definition) is 5. The van der Waals surface area contributed by atoms with Gasteiger partial charge in [0.05, 0.1) is 6.04 Å². The Hall–Kier alpha value is -1.53. The molecular formula is C19H20Cl2F6N2O2S. The average molecular weight is 525 g/mol. The molecule has 0 amide bonds. The van der Waals surface area contributed by atoms with E-state index < -0.39 is 23.7 Å². The number of thioether (sulfide) groups is 1. The molecule has 1 atom stereocenters. The maximum Gasteiger partial charge on any atom is 0.573 e. The molecule has 0 aromatic heterocycles. The van der Waals surface area contributed by atoms with E-state index in [2.05, 4.69) is 10.1 Å². The summed E-state index contributed by atoms with van der Waals surface area (Å²) in [6.45, 7) is 2.34. The third-order valence-electron chi connectivity index (χ3n) is 4.47. The number of hydrogen-bond donors (Lipinski definition) is 2. The van der Waals surface area contributed by atoms with Crippen LogP contribution in [0.1, 0.15) is 17.2 Å². The van der Waals surface area contributed by atoms with E-state index in [1.807, 2.05) is 4.90 Å². The van der Waals surface area contributed by atoms with E-state index in [1.54, 1.807) is 0 Å². The lowest BCUT2D eigenvalue weighted by atomic mass is 9.95. The fraction of sp³-hybridized carbons (Fsp3) is 0.368. The molecule has 1 saturated heterocycles. The summed E-state index contributed by atoms with van der Waals surface area (Å²) in [4.78, 5) is 1.86. The minimum absolute atomic E-state index is 0. The Kier molecular flexibility index (Phi) is 10.3. The first-order valence-corrected chi connectivity index (χ1v) is 9.73. The Bertz CT molecular complexity index is 862. The summed E-state index contributed by atoms with van der Waals surface area (Å²) in [6, 6.07) is 8.10. The molecule has 13 heteroatoms. The van der Waals surface area contributed by atoms with Crippen molar-refractivity contribution in [3.8, 4) is 11.5 Å². The van der Waals surface area contributed by atoms with E-state index in [4.69, 9.17) is 0 Å². The lowest BCUT2D eigenvalue weighted by Gasteiger charge is -2.36. The smallest absolute Gasteiger partial charge is 0.508 e. The SMILES string of the molecule is Cl.Cl.Oc1ccc(SC(F)(F)F)cc1[C@@H](c1ccc(OC(F)(F)F)cc1)N1CCNCC1. The third kappa shape index (κ3) is 8.11. The Morgan fingerprint density at radius 1 is 0.938 bits per heavy atom. The fourth-order valence-electron chi connectivity index (χ4n) is 3.33. The molecule has 2 aromatic rings. The van der Waals surface area contributed by atoms with Gasteiger partial charge in [0.1, 0.15) is 11.5 Å². The summed E-state index contributed by atoms with van der Waals surface area (Å²) in [5, 5.41) is 13.6. The van der Waals surface area contributed by atoms with Gasteiger partial charge < -0.3 is 15.2 Å². The van der Waals surface area contributed by atoms with Gasteiger partial charge in [-0.3, -0.25) is 4.90 Å². The Balaban J connectivity index is 0.00000256. The van der Waals surface area contributed by atoms with Gasteiger partial charge in [0, 0.05) is 36.6 Å². The molecule has 3 rings (SSSR count). The van der Waals surface area contributed by atoms with Crippen LogP contribution in [0.3, 0.4) is 0 Å². The van der Waals surface area contributed by atoms with Gasteiger partial charge in [0.2, 0.25) is 0 Å². The van der Waals surface area contributed by atoms with E-state index in [0.29, 0.717) is 31.7 Å². The summed E-state index contributed by atoms with van der Waals surface area (Å²) in [5.74, 6) is -0.600. The van der Waals surface area contributed by atoms with Gasteiger partial charge in [-0.2, -0.15) is 13.2 Å². The number of halogens is 8. The summed E-state index contributed by atoms with van der Waals surface area (Å²) in [6.07, 6.45) is -4.83. The maximum absolute atomic E-state index is 12.8. The molecule has 1 fully saturated rings. The normalized spacial score (nSPS) is 15.9. The minimum atomic E-state index is -4.83. The molecule has 2 N–H and O–H groups in total. The van der Waals surface area contributed by atoms with Crippen LogP contribution in [0, 0.1) is 0 Å². The van der Waals surface area contributed by atoms with E-state index in [-0.39, 0.29) is 52.8 Å². The van der Waals surface area contributed by atoms with Crippen molar-refractivity contribution in [2.75, 3.05) is 26.2 Å². The summed E-state index contributed by atoms with van der Waals surface area (Å²) < 4.78 is 79.6. The van der Waals surface area contributed by atoms with Crippen LogP contribution < -0.4 is 10.1 Å². The second-order valence-corrected chi connectivity index (χ2v) is 7.71. The van der Waals surface area contributed by atoms with Crippen molar-refractivity contribution in [3.05, 3.63) is 53.6 Å². The molecular weight excluding hydrogens is 505 g/mol. The van der Waals surface area contributed by atoms with Crippen molar-refractivity contribution in [3.63, 3.8) is 0 Å². The molecule has 180 valence electrons. The van der Waals surface area contributed by atoms with Gasteiger partial charge >= 0.3 is 11.9 Å². The number of piperazine rings is 1. The fourth-order valence-corrected chi connectivity index (χ4v) is 3.92. The molecule has 1 aliphatic rings. The van der Waals surface area contributed by atoms with E-state index in [1.165, 1.54) is 30.3 Å². The molecule has 0 radical (unpaired) electrons. The van der Waals surface area contributed by atoms with E-state index in [9.17, 15) is 31.4 Å². The molecule has 0 bridgehead atoms. The molecule has 0 spiro atoms. The number of nitrogens with one attached hydrogen (secondary N) is 1. The van der Waals surface area contributed by atoms with Crippen LogP contribution in [0.25, 0.3) is 0 Å². The second kappa shape index (κ2) is 11.6. The van der Waals surface area contributed by atoms with Crippen LogP contribution in [0.5, 0.6) is 11.5 Å². The minimum Gasteiger partial charge on any atom is -0.508 e. The lowest BCUT2D eigenvalue weighted by Crippen LogP contribution is -2.45. The van der Waals surface area contributed by atoms with Crippen LogP contribution in [0.15, 0.2) is 47.4 Å². The van der Waals surface area contributed by atoms with Crippen molar-refractivity contribution < 1.29 is 36.2 Å². The number of rotatable bonds is 5. The van der Waals surface area contributed by atoms with Gasteiger partial charge in [-0.15, -0.1) is 38.0 Å². The second-order valence-electron chi connectivity index (χ2n) is 6.57. The van der Waals surface area contributed by atoms with Crippen molar-refractivity contribution in [2.45, 2.75) is 22.8 Å². The van der Waals surface area contributed by atoms with Crippen LogP contribution in [-0.2, 0) is 0 Å². The zero-order chi connectivity index (χ0) is 21.9. The van der Waals surface area contributed by atoms with Crippen LogP contribution in [0.4, 0.5) is 26.3 Å². The quantitative estimate of drug-likeness (QED) is 0.385. The van der Waals surface area contributed by atoms with Gasteiger partial charge in [0.25, 0.3) is 0 Å². The number of nitrogens with zero attached hydrogens (tertiary/aromatic N) is 1. The average Bonchev–Trinajstić information content (AvgIpc) is 2.64. The van der Waals surface area contributed by atoms with Crippen LogP contribution in [-0.4, -0.2) is 48.1 Å². The van der Waals surface area contributed by atoms with Crippen molar-refractivity contribution in [2.24, 2.45) is 0 Å². The number of benzene rings is 2. The predicted molar refractivity (Wildman–Crippen MR) is 114 cm³/mol. The monoisotopic (exact) mass is 524 g/mol. The van der Waals surface area contributed by atoms with Gasteiger partial charge in [-0.25, -0.2) is 0 Å². The number of ether oxygens (including phenoxy) is 1. The zero-order valence-corrected chi connectivity index (χ0v) is 18.7. The largest absolute Gasteiger partial charge is 0.573 e. The third-order valence-corrected chi connectivity index (χ3v) is 5.19. The Morgan fingerprint density at radius 3 is 2.06 bits per heavy atom. The molecule has 0 saturated carbocycles. The van der Waals surface area contributed by atoms with E-state index in [0.717, 1.165) is 12.1 Å². The Labute approximate surface area is 197 Å². The highest BCUT2D eigenvalue weighted by molar-refractivity contribution is 8.00. The first kappa shape index (κ1) is 28.5. The molecule has 0 aliphatic carbocycles. The molecule has 32 heavy (non-hydrogen) atoms. The number of alkyl halides is 6. The van der Waals surface area contributed by atoms with Crippen LogP contribution >= 0.6 is 36.6 Å². The topological polar surface area (TPSA) is 44.7 Å². The highest BCUT2D eigenvalue weighted by Gasteiger charge is 2.33. The van der Waals surface area contributed by atoms with Crippen molar-refractivity contribution in [1.82, 2.24) is 10.2 Å². The standard InChI is InChI=1S/C19H18F6N2O2S.2ClH/c20-18(21,22)29-13-3-1-12(2-4-13)17(27-9-7-26-8-10-27)15-11-14(5-6-16(15)28)30-19(23,24)25;;/h1-6,11,17,26,28H,7-10H2;2*1H/t17-;;/m1../s1. The first-order chi connectivity index (χ1) is 14.0. The highest BCUT2D eigenvalue weighted by Crippen LogP contribution is 2.42. The number of phenolic OH excluding ortho intramolecular Hbond substituents is 1. The predicted octanol–water partition coefficient (Wildman–Crippen LogP) is 5.74. The van der Waals surface area contributed by atoms with E-state index >= 15 is 0 Å². The summed E-state index contributed by atoms with van der Waals surface area (Å²) in [7, 11) is 0. The van der Waals surface area contributed by atoms with Crippen LogP contribution in [0.2, 0.25) is 0 Å². The molecule has 1 heterocycles. The zero-order valence-electron chi connectivity index (χ0n) is 16.2. The number of aromatic hydroxyl groups is 1. The van der Waals surface area contributed by atoms with Gasteiger partial charge in [-0.05, 0) is 47.7 Å². The summed E-state index contributed by atoms with van der Waals surface area (Å²) in [5.41, 5.74) is -3.72. The molecule has 2 aromatic carbocycles. The van der Waals surface area contributed by atoms with Crippen molar-refractivity contribution >= 4 is 36.6 Å². The lowest BCUT2D eigenvalue weighted by molar-refractivity contribution is -0.274. The molecule has 4 nitrogen and oxygen atoms in total. The van der Waals surface area contributed by atoms with Gasteiger partial charge in [-0.1, -0.05) is 12.1 Å². The molecule has 1 aliphatic heterocycles. The summed E-state index contributed by atoms with van der Waals surface area (Å²) >= 11 is -0.295. The first-order valence-electron chi connectivity index (χ1n) is 8.91. The Morgan fingerprint density at radius 2 is 1.53 bits per heavy atom.